The maximum Gasteiger partial charge on any atom is 0.0595 e. The van der Waals surface area contributed by atoms with Gasteiger partial charge < -0.3 is 10.2 Å². The zero-order valence-electron chi connectivity index (χ0n) is 8.44. The molecule has 0 atom stereocenters. The highest BCUT2D eigenvalue weighted by molar-refractivity contribution is 5.29. The van der Waals surface area contributed by atoms with E-state index in [0.717, 1.165) is 17.0 Å². The number of hydrogen-bond acceptors (Lipinski definition) is 2. The van der Waals surface area contributed by atoms with Gasteiger partial charge in [-0.2, -0.15) is 0 Å². The standard InChI is InChI=1S/C10H18N2/c1-7-11-10(8(2)3)9(4)12(5)6/h7,11H,1-2H2,3-6H3/b10-9-. The lowest BCUT2D eigenvalue weighted by molar-refractivity contribution is 0.504. The van der Waals surface area contributed by atoms with E-state index in [1.165, 1.54) is 0 Å². The highest BCUT2D eigenvalue weighted by Crippen LogP contribution is 2.10. The maximum atomic E-state index is 3.88. The molecule has 0 aliphatic rings. The minimum atomic E-state index is 1.01. The topological polar surface area (TPSA) is 15.3 Å². The van der Waals surface area contributed by atoms with Gasteiger partial charge in [-0.3, -0.25) is 0 Å². The molecule has 0 amide bonds. The van der Waals surface area contributed by atoms with E-state index in [9.17, 15) is 0 Å². The Morgan fingerprint density at radius 3 is 2.08 bits per heavy atom. The molecule has 0 unspecified atom stereocenters. The van der Waals surface area contributed by atoms with Crippen LogP contribution in [0, 0.1) is 0 Å². The minimum Gasteiger partial charge on any atom is -0.380 e. The van der Waals surface area contributed by atoms with Crippen LogP contribution in [0.3, 0.4) is 0 Å². The van der Waals surface area contributed by atoms with Crippen LogP contribution in [0.1, 0.15) is 13.8 Å². The molecule has 0 aromatic rings. The van der Waals surface area contributed by atoms with E-state index >= 15 is 0 Å². The predicted molar refractivity (Wildman–Crippen MR) is 54.5 cm³/mol. The van der Waals surface area contributed by atoms with Gasteiger partial charge in [0, 0.05) is 19.8 Å². The van der Waals surface area contributed by atoms with Crippen molar-refractivity contribution in [3.05, 3.63) is 36.3 Å². The van der Waals surface area contributed by atoms with Crippen LogP contribution in [-0.2, 0) is 0 Å². The van der Waals surface area contributed by atoms with Crippen LogP contribution in [0.2, 0.25) is 0 Å². The number of nitrogens with one attached hydrogen (secondary N) is 1. The zero-order chi connectivity index (χ0) is 9.72. The average molecular weight is 166 g/mol. The van der Waals surface area contributed by atoms with Gasteiger partial charge in [0.1, 0.15) is 0 Å². The van der Waals surface area contributed by atoms with E-state index in [2.05, 4.69) is 18.5 Å². The molecule has 0 radical (unpaired) electrons. The van der Waals surface area contributed by atoms with Crippen LogP contribution >= 0.6 is 0 Å². The molecule has 0 aliphatic carbocycles. The predicted octanol–water partition coefficient (Wildman–Crippen LogP) is 2.09. The summed E-state index contributed by atoms with van der Waals surface area (Å²) in [6.07, 6.45) is 1.66. The molecule has 0 aromatic heterocycles. The van der Waals surface area contributed by atoms with Gasteiger partial charge in [-0.1, -0.05) is 13.2 Å². The van der Waals surface area contributed by atoms with E-state index in [-0.39, 0.29) is 0 Å². The maximum absolute atomic E-state index is 3.88. The number of rotatable bonds is 4. The van der Waals surface area contributed by atoms with Crippen LogP contribution in [0.25, 0.3) is 0 Å². The van der Waals surface area contributed by atoms with Gasteiger partial charge >= 0.3 is 0 Å². The second kappa shape index (κ2) is 4.65. The lowest BCUT2D eigenvalue weighted by Crippen LogP contribution is -2.17. The normalized spacial score (nSPS) is 11.7. The second-order valence-corrected chi connectivity index (χ2v) is 2.98. The monoisotopic (exact) mass is 166 g/mol. The van der Waals surface area contributed by atoms with E-state index < -0.39 is 0 Å². The first-order chi connectivity index (χ1) is 5.50. The summed E-state index contributed by atoms with van der Waals surface area (Å²) in [6, 6.07) is 0. The molecule has 0 heterocycles. The summed E-state index contributed by atoms with van der Waals surface area (Å²) >= 11 is 0. The molecule has 2 heteroatoms. The quantitative estimate of drug-likeness (QED) is 0.643. The summed E-state index contributed by atoms with van der Waals surface area (Å²) in [7, 11) is 4.01. The van der Waals surface area contributed by atoms with Gasteiger partial charge in [0.15, 0.2) is 0 Å². The van der Waals surface area contributed by atoms with Crippen LogP contribution in [0.15, 0.2) is 36.3 Å². The number of allylic oxidation sites excluding steroid dienone is 2. The van der Waals surface area contributed by atoms with Crippen LogP contribution < -0.4 is 5.32 Å². The van der Waals surface area contributed by atoms with Crippen LogP contribution in [-0.4, -0.2) is 19.0 Å². The molecule has 0 saturated heterocycles. The Hall–Kier alpha value is -1.18. The molecular weight excluding hydrogens is 148 g/mol. The fraction of sp³-hybridized carbons (Fsp3) is 0.400. The molecule has 0 aliphatic heterocycles. The fourth-order valence-electron chi connectivity index (χ4n) is 0.862. The van der Waals surface area contributed by atoms with E-state index in [4.69, 9.17) is 0 Å². The van der Waals surface area contributed by atoms with Gasteiger partial charge in [0.25, 0.3) is 0 Å². The molecule has 2 nitrogen and oxygen atoms in total. The van der Waals surface area contributed by atoms with E-state index in [1.54, 1.807) is 6.20 Å². The molecular formula is C10H18N2. The highest BCUT2D eigenvalue weighted by atomic mass is 15.1. The Kier molecular flexibility index (Phi) is 4.19. The summed E-state index contributed by atoms with van der Waals surface area (Å²) in [5.41, 5.74) is 3.21. The smallest absolute Gasteiger partial charge is 0.0595 e. The first-order valence-electron chi connectivity index (χ1n) is 3.92. The lowest BCUT2D eigenvalue weighted by atomic mass is 10.2. The van der Waals surface area contributed by atoms with Crippen molar-refractivity contribution in [3.63, 3.8) is 0 Å². The summed E-state index contributed by atoms with van der Waals surface area (Å²) in [5, 5.41) is 3.07. The van der Waals surface area contributed by atoms with E-state index in [1.807, 2.05) is 32.8 Å². The van der Waals surface area contributed by atoms with E-state index in [0.29, 0.717) is 0 Å². The van der Waals surface area contributed by atoms with Crippen molar-refractivity contribution in [2.75, 3.05) is 14.1 Å². The molecule has 1 N–H and O–H groups in total. The molecule has 0 bridgehead atoms. The van der Waals surface area contributed by atoms with Gasteiger partial charge in [-0.25, -0.2) is 0 Å². The molecule has 0 rings (SSSR count). The molecule has 0 saturated carbocycles. The van der Waals surface area contributed by atoms with Gasteiger partial charge in [-0.05, 0) is 25.6 Å². The Morgan fingerprint density at radius 1 is 1.33 bits per heavy atom. The molecule has 0 aromatic carbocycles. The summed E-state index contributed by atoms with van der Waals surface area (Å²) in [6.45, 7) is 11.5. The summed E-state index contributed by atoms with van der Waals surface area (Å²) in [5.74, 6) is 0. The van der Waals surface area contributed by atoms with Crippen molar-refractivity contribution in [3.8, 4) is 0 Å². The van der Waals surface area contributed by atoms with Crippen molar-refractivity contribution in [1.82, 2.24) is 10.2 Å². The third-order valence-corrected chi connectivity index (χ3v) is 1.71. The molecule has 68 valence electrons. The Morgan fingerprint density at radius 2 is 1.83 bits per heavy atom. The SMILES string of the molecule is C=CN/C(C(=C)C)=C(/C)N(C)C. The Bertz CT molecular complexity index is 212. The summed E-state index contributed by atoms with van der Waals surface area (Å²) < 4.78 is 0. The minimum absolute atomic E-state index is 1.01. The zero-order valence-corrected chi connectivity index (χ0v) is 8.44. The molecule has 0 spiro atoms. The molecule has 0 fully saturated rings. The van der Waals surface area contributed by atoms with Crippen molar-refractivity contribution >= 4 is 0 Å². The van der Waals surface area contributed by atoms with Gasteiger partial charge in [-0.15, -0.1) is 0 Å². The summed E-state index contributed by atoms with van der Waals surface area (Å²) in [4.78, 5) is 2.04. The Labute approximate surface area is 75.3 Å². The highest BCUT2D eigenvalue weighted by Gasteiger charge is 2.02. The first-order valence-corrected chi connectivity index (χ1v) is 3.92. The first kappa shape index (κ1) is 10.8. The third-order valence-electron chi connectivity index (χ3n) is 1.71. The lowest BCUT2D eigenvalue weighted by Gasteiger charge is -2.18. The number of hydrogen-bond donors (Lipinski definition) is 1. The van der Waals surface area contributed by atoms with Crippen molar-refractivity contribution < 1.29 is 0 Å². The Balaban J connectivity index is 4.79. The number of nitrogens with zero attached hydrogens (tertiary/aromatic N) is 1. The van der Waals surface area contributed by atoms with Gasteiger partial charge in [0.2, 0.25) is 0 Å². The van der Waals surface area contributed by atoms with Crippen LogP contribution in [0.4, 0.5) is 0 Å². The fourth-order valence-corrected chi connectivity index (χ4v) is 0.862. The van der Waals surface area contributed by atoms with Crippen molar-refractivity contribution in [2.24, 2.45) is 0 Å². The largest absolute Gasteiger partial charge is 0.380 e. The van der Waals surface area contributed by atoms with Crippen molar-refractivity contribution in [2.45, 2.75) is 13.8 Å². The molecule has 12 heavy (non-hydrogen) atoms. The van der Waals surface area contributed by atoms with Crippen molar-refractivity contribution in [1.29, 1.82) is 0 Å². The third kappa shape index (κ3) is 2.82. The second-order valence-electron chi connectivity index (χ2n) is 2.98. The average Bonchev–Trinajstić information content (AvgIpc) is 1.98. The van der Waals surface area contributed by atoms with Crippen LogP contribution in [0.5, 0.6) is 0 Å². The van der Waals surface area contributed by atoms with Gasteiger partial charge in [0.05, 0.1) is 5.70 Å².